The molecule has 0 aliphatic rings. The fourth-order valence-electron chi connectivity index (χ4n) is 1.86. The number of halogens is 1. The first-order valence-corrected chi connectivity index (χ1v) is 6.49. The van der Waals surface area contributed by atoms with Crippen LogP contribution in [0.4, 0.5) is 0 Å². The van der Waals surface area contributed by atoms with Crippen LogP contribution in [0.25, 0.3) is 5.69 Å². The van der Waals surface area contributed by atoms with Crippen LogP contribution < -0.4 is 5.56 Å². The van der Waals surface area contributed by atoms with Crippen molar-refractivity contribution in [1.82, 2.24) is 24.7 Å². The number of H-pyrrole nitrogens is 1. The van der Waals surface area contributed by atoms with Gasteiger partial charge in [0.2, 0.25) is 0 Å². The summed E-state index contributed by atoms with van der Waals surface area (Å²) < 4.78 is 2.86. The molecular weight excluding hydrogens is 292 g/mol. The molecule has 8 heteroatoms. The maximum atomic E-state index is 12.4. The van der Waals surface area contributed by atoms with Crippen molar-refractivity contribution in [1.29, 1.82) is 0 Å². The second-order valence-electron chi connectivity index (χ2n) is 4.35. The van der Waals surface area contributed by atoms with Crippen LogP contribution in [0.3, 0.4) is 0 Å². The van der Waals surface area contributed by atoms with Gasteiger partial charge in [-0.1, -0.05) is 11.6 Å². The first-order valence-electron chi connectivity index (χ1n) is 6.11. The maximum absolute atomic E-state index is 12.4. The lowest BCUT2D eigenvalue weighted by Crippen LogP contribution is -2.17. The highest BCUT2D eigenvalue weighted by Crippen LogP contribution is 2.12. The Kier molecular flexibility index (Phi) is 3.41. The lowest BCUT2D eigenvalue weighted by atomic mass is 10.3. The number of aryl methyl sites for hydroxylation is 1. The van der Waals surface area contributed by atoms with E-state index in [4.69, 9.17) is 11.6 Å². The monoisotopic (exact) mass is 302 g/mol. The Morgan fingerprint density at radius 3 is 2.57 bits per heavy atom. The molecule has 3 aromatic rings. The average Bonchev–Trinajstić information content (AvgIpc) is 3.07. The van der Waals surface area contributed by atoms with Gasteiger partial charge in [-0.3, -0.25) is 9.89 Å². The van der Waals surface area contributed by atoms with Crippen LogP contribution in [0.5, 0.6) is 0 Å². The van der Waals surface area contributed by atoms with Crippen molar-refractivity contribution in [2.24, 2.45) is 5.10 Å². The summed E-state index contributed by atoms with van der Waals surface area (Å²) >= 11 is 5.85. The van der Waals surface area contributed by atoms with Crippen LogP contribution in [0, 0.1) is 6.92 Å². The minimum Gasteiger partial charge on any atom is -0.295 e. The van der Waals surface area contributed by atoms with E-state index in [9.17, 15) is 4.79 Å². The Bertz CT molecular complexity index is 829. The summed E-state index contributed by atoms with van der Waals surface area (Å²) in [4.78, 5) is 12.4. The fourth-order valence-corrected chi connectivity index (χ4v) is 1.99. The van der Waals surface area contributed by atoms with E-state index >= 15 is 0 Å². The Hall–Kier alpha value is -2.67. The Labute approximate surface area is 124 Å². The van der Waals surface area contributed by atoms with Gasteiger partial charge in [-0.2, -0.15) is 5.10 Å². The molecule has 0 spiro atoms. The van der Waals surface area contributed by atoms with E-state index in [0.29, 0.717) is 22.0 Å². The molecule has 1 N–H and O–H groups in total. The lowest BCUT2D eigenvalue weighted by Gasteiger charge is -2.00. The molecule has 0 radical (unpaired) electrons. The Balaban J connectivity index is 2.00. The summed E-state index contributed by atoms with van der Waals surface area (Å²) in [5.41, 5.74) is 1.70. The van der Waals surface area contributed by atoms with Crippen molar-refractivity contribution in [3.05, 3.63) is 63.6 Å². The largest absolute Gasteiger partial charge is 0.295 e. The highest BCUT2D eigenvalue weighted by atomic mass is 35.5. The number of nitrogens with zero attached hydrogens (tertiary/aromatic N) is 5. The summed E-state index contributed by atoms with van der Waals surface area (Å²) in [5.74, 6) is 0. The van der Waals surface area contributed by atoms with Crippen molar-refractivity contribution < 1.29 is 0 Å². The van der Waals surface area contributed by atoms with Gasteiger partial charge in [0.15, 0.2) is 0 Å². The molecule has 0 aliphatic heterocycles. The quantitative estimate of drug-likeness (QED) is 0.746. The van der Waals surface area contributed by atoms with Gasteiger partial charge >= 0.3 is 0 Å². The normalized spacial score (nSPS) is 11.3. The van der Waals surface area contributed by atoms with E-state index in [2.05, 4.69) is 20.4 Å². The molecule has 106 valence electrons. The molecule has 0 fully saturated rings. The van der Waals surface area contributed by atoms with Crippen molar-refractivity contribution in [2.45, 2.75) is 6.92 Å². The molecule has 7 nitrogen and oxygen atoms in total. The van der Waals surface area contributed by atoms with Crippen LogP contribution in [-0.4, -0.2) is 30.9 Å². The zero-order valence-electron chi connectivity index (χ0n) is 11.1. The van der Waals surface area contributed by atoms with E-state index in [-0.39, 0.29) is 5.56 Å². The number of aromatic nitrogens is 5. The average molecular weight is 303 g/mol. The molecular formula is C13H11ClN6O. The summed E-state index contributed by atoms with van der Waals surface area (Å²) in [6, 6.07) is 6.98. The van der Waals surface area contributed by atoms with E-state index < -0.39 is 0 Å². The van der Waals surface area contributed by atoms with Gasteiger partial charge in [-0.25, -0.2) is 9.36 Å². The fraction of sp³-hybridized carbons (Fsp3) is 0.0769. The SMILES string of the molecule is Cc1[nH]n(-c2ccc(Cl)cc2)c(=O)c1/C=N/n1cnnc1. The van der Waals surface area contributed by atoms with E-state index in [1.165, 1.54) is 28.2 Å². The molecule has 3 rings (SSSR count). The number of rotatable bonds is 3. The third kappa shape index (κ3) is 2.63. The molecule has 0 saturated carbocycles. The minimum atomic E-state index is -0.188. The first-order chi connectivity index (χ1) is 10.1. The van der Waals surface area contributed by atoms with Crippen LogP contribution in [-0.2, 0) is 0 Å². The van der Waals surface area contributed by atoms with Crippen molar-refractivity contribution >= 4 is 17.8 Å². The van der Waals surface area contributed by atoms with Gasteiger partial charge in [0, 0.05) is 10.7 Å². The van der Waals surface area contributed by atoms with Crippen molar-refractivity contribution in [3.8, 4) is 5.69 Å². The standard InChI is InChI=1S/C13H11ClN6O/c1-9-12(6-17-19-7-15-16-8-19)13(21)20(18-9)11-4-2-10(14)3-5-11/h2-8,18H,1H3/b17-6+. The van der Waals surface area contributed by atoms with Crippen molar-refractivity contribution in [3.63, 3.8) is 0 Å². The second-order valence-corrected chi connectivity index (χ2v) is 4.79. The first kappa shape index (κ1) is 13.3. The molecule has 0 bridgehead atoms. The van der Waals surface area contributed by atoms with Crippen LogP contribution in [0.2, 0.25) is 5.02 Å². The Morgan fingerprint density at radius 1 is 1.24 bits per heavy atom. The molecule has 0 saturated heterocycles. The molecule has 2 heterocycles. The molecule has 0 atom stereocenters. The smallest absolute Gasteiger partial charge is 0.280 e. The zero-order chi connectivity index (χ0) is 14.8. The van der Waals surface area contributed by atoms with Gasteiger partial charge in [-0.15, -0.1) is 10.2 Å². The Morgan fingerprint density at radius 2 is 1.90 bits per heavy atom. The third-order valence-electron chi connectivity index (χ3n) is 2.93. The van der Waals surface area contributed by atoms with Gasteiger partial charge in [0.05, 0.1) is 17.5 Å². The summed E-state index contributed by atoms with van der Waals surface area (Å²) in [6.45, 7) is 1.81. The summed E-state index contributed by atoms with van der Waals surface area (Å²) in [5, 5.41) is 15.0. The van der Waals surface area contributed by atoms with Gasteiger partial charge in [0.1, 0.15) is 12.7 Å². The summed E-state index contributed by atoms with van der Waals surface area (Å²) in [6.07, 6.45) is 4.36. The highest BCUT2D eigenvalue weighted by molar-refractivity contribution is 6.30. The topological polar surface area (TPSA) is 80.9 Å². The molecule has 0 amide bonds. The van der Waals surface area contributed by atoms with E-state index in [1.54, 1.807) is 31.2 Å². The number of hydrogen-bond donors (Lipinski definition) is 1. The maximum Gasteiger partial charge on any atom is 0.280 e. The van der Waals surface area contributed by atoms with Crippen molar-refractivity contribution in [2.75, 3.05) is 0 Å². The number of hydrogen-bond acceptors (Lipinski definition) is 4. The second kappa shape index (κ2) is 5.37. The van der Waals surface area contributed by atoms with Crippen LogP contribution >= 0.6 is 11.6 Å². The van der Waals surface area contributed by atoms with E-state index in [0.717, 1.165) is 0 Å². The molecule has 21 heavy (non-hydrogen) atoms. The zero-order valence-corrected chi connectivity index (χ0v) is 11.8. The van der Waals surface area contributed by atoms with E-state index in [1.807, 2.05) is 0 Å². The van der Waals surface area contributed by atoms with Gasteiger partial charge in [-0.05, 0) is 31.2 Å². The molecule has 1 aromatic carbocycles. The lowest BCUT2D eigenvalue weighted by molar-refractivity contribution is 0.835. The summed E-state index contributed by atoms with van der Waals surface area (Å²) in [7, 11) is 0. The predicted octanol–water partition coefficient (Wildman–Crippen LogP) is 1.60. The van der Waals surface area contributed by atoms with Gasteiger partial charge in [0.25, 0.3) is 5.56 Å². The molecule has 0 unspecified atom stereocenters. The number of aromatic amines is 1. The number of nitrogens with one attached hydrogen (secondary N) is 1. The molecule has 2 aromatic heterocycles. The van der Waals surface area contributed by atoms with Crippen LogP contribution in [0.1, 0.15) is 11.3 Å². The van der Waals surface area contributed by atoms with Crippen LogP contribution in [0.15, 0.2) is 46.8 Å². The predicted molar refractivity (Wildman–Crippen MR) is 79.2 cm³/mol. The molecule has 0 aliphatic carbocycles. The third-order valence-corrected chi connectivity index (χ3v) is 3.18. The van der Waals surface area contributed by atoms with Gasteiger partial charge < -0.3 is 0 Å². The number of benzene rings is 1. The highest BCUT2D eigenvalue weighted by Gasteiger charge is 2.10. The minimum absolute atomic E-state index is 0.188.